The molecule has 0 aliphatic heterocycles. The molecule has 0 aliphatic rings. The molecule has 2 rings (SSSR count). The summed E-state index contributed by atoms with van der Waals surface area (Å²) in [6, 6.07) is 9.44. The number of hydrogen-bond donors (Lipinski definition) is 2. The molecule has 0 amide bonds. The zero-order valence-electron chi connectivity index (χ0n) is 12.1. The average molecular weight is 302 g/mol. The zero-order chi connectivity index (χ0) is 15.2. The molecular formula is C16H18N2O2S. The quantitative estimate of drug-likeness (QED) is 0.794. The second kappa shape index (κ2) is 7.13. The Bertz CT molecular complexity index is 627. The molecule has 1 aromatic heterocycles. The van der Waals surface area contributed by atoms with E-state index in [1.807, 2.05) is 38.1 Å². The second-order valence-electron chi connectivity index (χ2n) is 4.58. The number of thioether (sulfide) groups is 1. The number of carboxylic acid groups (broad SMARTS) is 1. The van der Waals surface area contributed by atoms with Crippen LogP contribution in [0.3, 0.4) is 0 Å². The van der Waals surface area contributed by atoms with Crippen LogP contribution in [-0.4, -0.2) is 21.8 Å². The lowest BCUT2D eigenvalue weighted by molar-refractivity contribution is 0.0694. The summed E-state index contributed by atoms with van der Waals surface area (Å²) < 4.78 is 0. The Morgan fingerprint density at radius 3 is 2.76 bits per heavy atom. The lowest BCUT2D eigenvalue weighted by atomic mass is 10.1. The lowest BCUT2D eigenvalue weighted by Gasteiger charge is -2.13. The minimum absolute atomic E-state index is 0.337. The van der Waals surface area contributed by atoms with Crippen LogP contribution >= 0.6 is 11.8 Å². The molecule has 0 saturated carbocycles. The van der Waals surface area contributed by atoms with Crippen LogP contribution in [0.15, 0.2) is 41.4 Å². The molecule has 1 heterocycles. The minimum atomic E-state index is -0.906. The van der Waals surface area contributed by atoms with Crippen LogP contribution in [0.2, 0.25) is 0 Å². The molecule has 0 saturated heterocycles. The number of rotatable bonds is 6. The third kappa shape index (κ3) is 3.98. The van der Waals surface area contributed by atoms with Gasteiger partial charge in [0.15, 0.2) is 0 Å². The normalized spacial score (nSPS) is 10.4. The van der Waals surface area contributed by atoms with E-state index < -0.39 is 5.97 Å². The third-order valence-corrected chi connectivity index (χ3v) is 3.94. The van der Waals surface area contributed by atoms with Crippen molar-refractivity contribution in [3.63, 3.8) is 0 Å². The van der Waals surface area contributed by atoms with Crippen molar-refractivity contribution >= 4 is 23.4 Å². The fraction of sp³-hybridized carbons (Fsp3) is 0.250. The molecule has 0 bridgehead atoms. The molecule has 5 heteroatoms. The Hall–Kier alpha value is -2.01. The highest BCUT2D eigenvalue weighted by Crippen LogP contribution is 2.28. The van der Waals surface area contributed by atoms with Gasteiger partial charge in [-0.2, -0.15) is 0 Å². The fourth-order valence-corrected chi connectivity index (χ4v) is 2.80. The van der Waals surface area contributed by atoms with Gasteiger partial charge in [-0.1, -0.05) is 19.1 Å². The highest BCUT2D eigenvalue weighted by molar-refractivity contribution is 7.99. The molecule has 2 aromatic rings. The van der Waals surface area contributed by atoms with Gasteiger partial charge in [-0.3, -0.25) is 4.98 Å². The van der Waals surface area contributed by atoms with Gasteiger partial charge in [-0.15, -0.1) is 11.8 Å². The predicted molar refractivity (Wildman–Crippen MR) is 86.1 cm³/mol. The maximum absolute atomic E-state index is 11.5. The standard InChI is InChI=1S/C16H18N2O2S/c1-3-21-14-6-4-5-13(15(14)16(19)20)18-10-12-8-7-11(2)17-9-12/h4-9,18H,3,10H2,1-2H3,(H,19,20). The highest BCUT2D eigenvalue weighted by Gasteiger charge is 2.15. The first-order valence-corrected chi connectivity index (χ1v) is 7.75. The van der Waals surface area contributed by atoms with Crippen LogP contribution in [0.4, 0.5) is 5.69 Å². The molecule has 2 N–H and O–H groups in total. The molecule has 0 fully saturated rings. The van der Waals surface area contributed by atoms with Crippen molar-refractivity contribution in [1.82, 2.24) is 4.98 Å². The Morgan fingerprint density at radius 2 is 2.14 bits per heavy atom. The van der Waals surface area contributed by atoms with E-state index in [1.165, 1.54) is 11.8 Å². The van der Waals surface area contributed by atoms with Gasteiger partial charge in [0.2, 0.25) is 0 Å². The Morgan fingerprint density at radius 1 is 1.33 bits per heavy atom. The van der Waals surface area contributed by atoms with E-state index in [0.29, 0.717) is 17.8 Å². The summed E-state index contributed by atoms with van der Waals surface area (Å²) in [4.78, 5) is 16.5. The van der Waals surface area contributed by atoms with E-state index in [4.69, 9.17) is 0 Å². The van der Waals surface area contributed by atoms with Crippen molar-refractivity contribution in [3.8, 4) is 0 Å². The predicted octanol–water partition coefficient (Wildman–Crippen LogP) is 3.81. The summed E-state index contributed by atoms with van der Waals surface area (Å²) in [6.07, 6.45) is 1.80. The summed E-state index contributed by atoms with van der Waals surface area (Å²) in [5.41, 5.74) is 2.96. The summed E-state index contributed by atoms with van der Waals surface area (Å²) in [5, 5.41) is 12.6. The smallest absolute Gasteiger partial charge is 0.338 e. The number of aromatic nitrogens is 1. The van der Waals surface area contributed by atoms with Crippen molar-refractivity contribution in [3.05, 3.63) is 53.3 Å². The summed E-state index contributed by atoms with van der Waals surface area (Å²) in [5.74, 6) is -0.0675. The van der Waals surface area contributed by atoms with Gasteiger partial charge in [0.1, 0.15) is 0 Å². The SMILES string of the molecule is CCSc1cccc(NCc2ccc(C)nc2)c1C(=O)O. The molecule has 0 aliphatic carbocycles. The summed E-state index contributed by atoms with van der Waals surface area (Å²) in [7, 11) is 0. The minimum Gasteiger partial charge on any atom is -0.478 e. The fourth-order valence-electron chi connectivity index (χ4n) is 1.98. The highest BCUT2D eigenvalue weighted by atomic mass is 32.2. The topological polar surface area (TPSA) is 62.2 Å². The van der Waals surface area contributed by atoms with Crippen LogP contribution in [-0.2, 0) is 6.54 Å². The van der Waals surface area contributed by atoms with Crippen LogP contribution in [0.1, 0.15) is 28.5 Å². The van der Waals surface area contributed by atoms with Gasteiger partial charge in [0, 0.05) is 23.3 Å². The number of carbonyl (C=O) groups is 1. The van der Waals surface area contributed by atoms with Crippen LogP contribution in [0.5, 0.6) is 0 Å². The number of pyridine rings is 1. The molecule has 21 heavy (non-hydrogen) atoms. The zero-order valence-corrected chi connectivity index (χ0v) is 12.9. The number of anilines is 1. The van der Waals surface area contributed by atoms with Crippen molar-refractivity contribution in [2.24, 2.45) is 0 Å². The van der Waals surface area contributed by atoms with Crippen molar-refractivity contribution < 1.29 is 9.90 Å². The van der Waals surface area contributed by atoms with E-state index >= 15 is 0 Å². The lowest BCUT2D eigenvalue weighted by Crippen LogP contribution is -2.08. The van der Waals surface area contributed by atoms with Gasteiger partial charge in [-0.05, 0) is 36.4 Å². The van der Waals surface area contributed by atoms with E-state index in [9.17, 15) is 9.90 Å². The summed E-state index contributed by atoms with van der Waals surface area (Å²) >= 11 is 1.53. The van der Waals surface area contributed by atoms with Gasteiger partial charge in [-0.25, -0.2) is 4.79 Å². The van der Waals surface area contributed by atoms with Gasteiger partial charge < -0.3 is 10.4 Å². The van der Waals surface area contributed by atoms with Gasteiger partial charge in [0.25, 0.3) is 0 Å². The number of aromatic carboxylic acids is 1. The molecular weight excluding hydrogens is 284 g/mol. The van der Waals surface area contributed by atoms with Crippen LogP contribution < -0.4 is 5.32 Å². The average Bonchev–Trinajstić information content (AvgIpc) is 2.47. The van der Waals surface area contributed by atoms with E-state index in [0.717, 1.165) is 21.9 Å². The van der Waals surface area contributed by atoms with Gasteiger partial charge in [0.05, 0.1) is 11.3 Å². The Labute approximate surface area is 128 Å². The third-order valence-electron chi connectivity index (χ3n) is 3.00. The first kappa shape index (κ1) is 15.4. The first-order valence-electron chi connectivity index (χ1n) is 6.76. The van der Waals surface area contributed by atoms with E-state index in [1.54, 1.807) is 12.3 Å². The Kier molecular flexibility index (Phi) is 5.22. The first-order chi connectivity index (χ1) is 10.1. The molecule has 4 nitrogen and oxygen atoms in total. The monoisotopic (exact) mass is 302 g/mol. The molecule has 110 valence electrons. The molecule has 0 radical (unpaired) electrons. The van der Waals surface area contributed by atoms with Gasteiger partial charge >= 0.3 is 5.97 Å². The molecule has 0 atom stereocenters. The Balaban J connectivity index is 2.21. The van der Waals surface area contributed by atoms with Crippen molar-refractivity contribution in [2.75, 3.05) is 11.1 Å². The summed E-state index contributed by atoms with van der Waals surface area (Å²) in [6.45, 7) is 4.49. The maximum atomic E-state index is 11.5. The number of nitrogens with one attached hydrogen (secondary N) is 1. The number of aryl methyl sites for hydroxylation is 1. The second-order valence-corrected chi connectivity index (χ2v) is 5.88. The van der Waals surface area contributed by atoms with Crippen LogP contribution in [0, 0.1) is 6.92 Å². The van der Waals surface area contributed by atoms with Crippen molar-refractivity contribution in [1.29, 1.82) is 0 Å². The van der Waals surface area contributed by atoms with Crippen LogP contribution in [0.25, 0.3) is 0 Å². The number of hydrogen-bond acceptors (Lipinski definition) is 4. The molecule has 0 unspecified atom stereocenters. The number of benzene rings is 1. The van der Waals surface area contributed by atoms with E-state index in [-0.39, 0.29) is 0 Å². The number of nitrogens with zero attached hydrogens (tertiary/aromatic N) is 1. The molecule has 1 aromatic carbocycles. The maximum Gasteiger partial charge on any atom is 0.338 e. The number of carboxylic acids is 1. The van der Waals surface area contributed by atoms with Crippen molar-refractivity contribution in [2.45, 2.75) is 25.3 Å². The van der Waals surface area contributed by atoms with E-state index in [2.05, 4.69) is 10.3 Å². The largest absolute Gasteiger partial charge is 0.478 e. The molecule has 0 spiro atoms.